The Labute approximate surface area is 107 Å². The fourth-order valence-corrected chi connectivity index (χ4v) is 1.90. The molecule has 0 bridgehead atoms. The normalized spacial score (nSPS) is 10.3. The Morgan fingerprint density at radius 3 is 2.72 bits per heavy atom. The highest BCUT2D eigenvalue weighted by Crippen LogP contribution is 2.19. The monoisotopic (exact) mass is 243 g/mol. The van der Waals surface area contributed by atoms with Gasteiger partial charge in [-0.1, -0.05) is 19.1 Å². The second-order valence-corrected chi connectivity index (χ2v) is 4.27. The standard InChI is InChI=1S/C15H17NO2/c1-3-9-16(13-7-4-6-12(2)11-13)15(17)14-8-5-10-18-14/h4-8,10-11H,3,9H2,1-2H3. The number of benzene rings is 1. The van der Waals surface area contributed by atoms with Gasteiger partial charge in [0, 0.05) is 12.2 Å². The minimum Gasteiger partial charge on any atom is -0.459 e. The summed E-state index contributed by atoms with van der Waals surface area (Å²) >= 11 is 0. The number of hydrogen-bond acceptors (Lipinski definition) is 2. The Bertz CT molecular complexity index is 517. The van der Waals surface area contributed by atoms with Crippen molar-refractivity contribution >= 4 is 11.6 Å². The van der Waals surface area contributed by atoms with E-state index in [9.17, 15) is 4.79 Å². The topological polar surface area (TPSA) is 33.5 Å². The van der Waals surface area contributed by atoms with Crippen molar-refractivity contribution in [2.75, 3.05) is 11.4 Å². The van der Waals surface area contributed by atoms with Gasteiger partial charge in [-0.15, -0.1) is 0 Å². The largest absolute Gasteiger partial charge is 0.459 e. The third kappa shape index (κ3) is 2.62. The average Bonchev–Trinajstić information content (AvgIpc) is 2.89. The van der Waals surface area contributed by atoms with Crippen LogP contribution in [0.1, 0.15) is 29.5 Å². The van der Waals surface area contributed by atoms with Crippen molar-refractivity contribution in [3.05, 3.63) is 54.0 Å². The van der Waals surface area contributed by atoms with Crippen LogP contribution in [0.15, 0.2) is 47.1 Å². The summed E-state index contributed by atoms with van der Waals surface area (Å²) in [5.74, 6) is 0.289. The molecule has 0 fully saturated rings. The first-order chi connectivity index (χ1) is 8.72. The van der Waals surface area contributed by atoms with Crippen LogP contribution < -0.4 is 4.90 Å². The molecule has 0 atom stereocenters. The molecule has 1 aromatic carbocycles. The Kier molecular flexibility index (Phi) is 3.82. The van der Waals surface area contributed by atoms with E-state index >= 15 is 0 Å². The van der Waals surface area contributed by atoms with Gasteiger partial charge in [0.25, 0.3) is 5.91 Å². The first-order valence-electron chi connectivity index (χ1n) is 6.14. The minimum absolute atomic E-state index is 0.0903. The number of nitrogens with zero attached hydrogens (tertiary/aromatic N) is 1. The predicted octanol–water partition coefficient (Wildman–Crippen LogP) is 3.64. The van der Waals surface area contributed by atoms with Gasteiger partial charge in [-0.25, -0.2) is 0 Å². The van der Waals surface area contributed by atoms with Crippen molar-refractivity contribution in [1.29, 1.82) is 0 Å². The fraction of sp³-hybridized carbons (Fsp3) is 0.267. The highest BCUT2D eigenvalue weighted by molar-refractivity contribution is 6.04. The molecule has 2 aromatic rings. The maximum absolute atomic E-state index is 12.3. The van der Waals surface area contributed by atoms with Gasteiger partial charge in [0.2, 0.25) is 0 Å². The molecule has 0 aliphatic rings. The average molecular weight is 243 g/mol. The number of aryl methyl sites for hydroxylation is 1. The maximum atomic E-state index is 12.3. The van der Waals surface area contributed by atoms with Gasteiger partial charge in [0.15, 0.2) is 5.76 Å². The first-order valence-corrected chi connectivity index (χ1v) is 6.14. The summed E-state index contributed by atoms with van der Waals surface area (Å²) < 4.78 is 5.18. The van der Waals surface area contributed by atoms with Crippen molar-refractivity contribution < 1.29 is 9.21 Å². The Morgan fingerprint density at radius 2 is 2.11 bits per heavy atom. The van der Waals surface area contributed by atoms with E-state index in [1.165, 1.54) is 6.26 Å². The molecule has 0 saturated carbocycles. The lowest BCUT2D eigenvalue weighted by Crippen LogP contribution is -2.31. The molecule has 0 spiro atoms. The number of furan rings is 1. The summed E-state index contributed by atoms with van der Waals surface area (Å²) in [7, 11) is 0. The van der Waals surface area contributed by atoms with Crippen molar-refractivity contribution in [3.63, 3.8) is 0 Å². The number of anilines is 1. The molecule has 0 radical (unpaired) electrons. The summed E-state index contributed by atoms with van der Waals surface area (Å²) in [6.07, 6.45) is 2.42. The zero-order chi connectivity index (χ0) is 13.0. The first kappa shape index (κ1) is 12.4. The molecule has 0 unspecified atom stereocenters. The Hall–Kier alpha value is -2.03. The molecule has 2 rings (SSSR count). The summed E-state index contributed by atoms with van der Waals surface area (Å²) in [6, 6.07) is 11.4. The lowest BCUT2D eigenvalue weighted by molar-refractivity contribution is 0.0960. The zero-order valence-corrected chi connectivity index (χ0v) is 10.7. The van der Waals surface area contributed by atoms with Crippen LogP contribution in [0.5, 0.6) is 0 Å². The third-order valence-corrected chi connectivity index (χ3v) is 2.74. The van der Waals surface area contributed by atoms with Crippen LogP contribution in [0.2, 0.25) is 0 Å². The fourth-order valence-electron chi connectivity index (χ4n) is 1.90. The van der Waals surface area contributed by atoms with Crippen LogP contribution in [0.25, 0.3) is 0 Å². The van der Waals surface area contributed by atoms with Crippen molar-refractivity contribution in [3.8, 4) is 0 Å². The molecule has 1 heterocycles. The van der Waals surface area contributed by atoms with E-state index in [4.69, 9.17) is 4.42 Å². The van der Waals surface area contributed by atoms with Gasteiger partial charge >= 0.3 is 0 Å². The third-order valence-electron chi connectivity index (χ3n) is 2.74. The molecular weight excluding hydrogens is 226 g/mol. The van der Waals surface area contributed by atoms with Crippen LogP contribution in [0.4, 0.5) is 5.69 Å². The molecular formula is C15H17NO2. The smallest absolute Gasteiger partial charge is 0.293 e. The lowest BCUT2D eigenvalue weighted by Gasteiger charge is -2.21. The van der Waals surface area contributed by atoms with E-state index in [1.807, 2.05) is 31.2 Å². The number of amides is 1. The number of carbonyl (C=O) groups is 1. The molecule has 0 aliphatic heterocycles. The van der Waals surface area contributed by atoms with E-state index in [0.717, 1.165) is 17.7 Å². The molecule has 1 amide bonds. The highest BCUT2D eigenvalue weighted by atomic mass is 16.3. The number of carbonyl (C=O) groups excluding carboxylic acids is 1. The van der Waals surface area contributed by atoms with E-state index in [-0.39, 0.29) is 5.91 Å². The van der Waals surface area contributed by atoms with E-state index < -0.39 is 0 Å². The summed E-state index contributed by atoms with van der Waals surface area (Å²) in [5.41, 5.74) is 2.05. The molecule has 0 saturated heterocycles. The molecule has 3 nitrogen and oxygen atoms in total. The van der Waals surface area contributed by atoms with Gasteiger partial charge in [-0.05, 0) is 43.2 Å². The second kappa shape index (κ2) is 5.54. The minimum atomic E-state index is -0.0903. The summed E-state index contributed by atoms with van der Waals surface area (Å²) in [6.45, 7) is 4.76. The maximum Gasteiger partial charge on any atom is 0.293 e. The molecule has 0 N–H and O–H groups in total. The van der Waals surface area contributed by atoms with Gasteiger partial charge in [0.05, 0.1) is 6.26 Å². The van der Waals surface area contributed by atoms with Gasteiger partial charge in [-0.2, -0.15) is 0 Å². The van der Waals surface area contributed by atoms with Gasteiger partial charge in [0.1, 0.15) is 0 Å². The van der Waals surface area contributed by atoms with Crippen molar-refractivity contribution in [2.24, 2.45) is 0 Å². The van der Waals surface area contributed by atoms with Gasteiger partial charge in [-0.3, -0.25) is 4.79 Å². The SMILES string of the molecule is CCCN(C(=O)c1ccco1)c1cccc(C)c1. The van der Waals surface area contributed by atoms with Crippen LogP contribution >= 0.6 is 0 Å². The van der Waals surface area contributed by atoms with Crippen LogP contribution in [0.3, 0.4) is 0 Å². The summed E-state index contributed by atoms with van der Waals surface area (Å²) in [4.78, 5) is 14.1. The zero-order valence-electron chi connectivity index (χ0n) is 10.7. The van der Waals surface area contributed by atoms with Crippen molar-refractivity contribution in [2.45, 2.75) is 20.3 Å². The molecule has 18 heavy (non-hydrogen) atoms. The van der Waals surface area contributed by atoms with Crippen molar-refractivity contribution in [1.82, 2.24) is 0 Å². The van der Waals surface area contributed by atoms with E-state index in [2.05, 4.69) is 6.92 Å². The van der Waals surface area contributed by atoms with E-state index in [0.29, 0.717) is 12.3 Å². The highest BCUT2D eigenvalue weighted by Gasteiger charge is 2.19. The van der Waals surface area contributed by atoms with Gasteiger partial charge < -0.3 is 9.32 Å². The quantitative estimate of drug-likeness (QED) is 0.821. The summed E-state index contributed by atoms with van der Waals surface area (Å²) in [5, 5.41) is 0. The van der Waals surface area contributed by atoms with Crippen LogP contribution in [0, 0.1) is 6.92 Å². The Morgan fingerprint density at radius 1 is 1.28 bits per heavy atom. The predicted molar refractivity (Wildman–Crippen MR) is 71.9 cm³/mol. The molecule has 0 aliphatic carbocycles. The van der Waals surface area contributed by atoms with Crippen LogP contribution in [-0.2, 0) is 0 Å². The van der Waals surface area contributed by atoms with E-state index in [1.54, 1.807) is 17.0 Å². The van der Waals surface area contributed by atoms with Crippen LogP contribution in [-0.4, -0.2) is 12.5 Å². The molecule has 94 valence electrons. The lowest BCUT2D eigenvalue weighted by atomic mass is 10.2. The number of hydrogen-bond donors (Lipinski definition) is 0. The molecule has 1 aromatic heterocycles. The Balaban J connectivity index is 2.31. The molecule has 3 heteroatoms. The second-order valence-electron chi connectivity index (χ2n) is 4.27. The number of rotatable bonds is 4.